The Bertz CT molecular complexity index is 837. The SMILES string of the molecule is O=C(O)CC1(c2cccs2)OCCc2c1[nH]c1ccccc21. The first-order valence-corrected chi connectivity index (χ1v) is 8.08. The molecule has 0 fully saturated rings. The zero-order chi connectivity index (χ0) is 15.2. The van der Waals surface area contributed by atoms with Gasteiger partial charge in [0.2, 0.25) is 0 Å². The van der Waals surface area contributed by atoms with Crippen LogP contribution in [0.4, 0.5) is 0 Å². The second-order valence-electron chi connectivity index (χ2n) is 5.50. The molecular weight excluding hydrogens is 298 g/mol. The summed E-state index contributed by atoms with van der Waals surface area (Å²) in [6.07, 6.45) is 0.722. The molecular formula is C17H15NO3S. The van der Waals surface area contributed by atoms with E-state index >= 15 is 0 Å². The summed E-state index contributed by atoms with van der Waals surface area (Å²) in [5.41, 5.74) is 2.19. The number of carboxylic acid groups (broad SMARTS) is 1. The number of ether oxygens (including phenoxy) is 1. The Morgan fingerprint density at radius 1 is 1.32 bits per heavy atom. The molecule has 0 saturated carbocycles. The third kappa shape index (κ3) is 1.90. The highest BCUT2D eigenvalue weighted by Crippen LogP contribution is 2.45. The van der Waals surface area contributed by atoms with Gasteiger partial charge in [-0.15, -0.1) is 11.3 Å². The molecule has 3 aromatic rings. The van der Waals surface area contributed by atoms with Crippen molar-refractivity contribution in [1.82, 2.24) is 4.98 Å². The fraction of sp³-hybridized carbons (Fsp3) is 0.235. The highest BCUT2D eigenvalue weighted by molar-refractivity contribution is 7.10. The number of carbonyl (C=O) groups is 1. The largest absolute Gasteiger partial charge is 0.481 e. The molecule has 2 aromatic heterocycles. The van der Waals surface area contributed by atoms with Gasteiger partial charge in [0.15, 0.2) is 5.60 Å². The minimum absolute atomic E-state index is 0.0761. The maximum Gasteiger partial charge on any atom is 0.307 e. The van der Waals surface area contributed by atoms with Crippen LogP contribution in [0.5, 0.6) is 0 Å². The molecule has 5 heteroatoms. The van der Waals surface area contributed by atoms with Crippen molar-refractivity contribution in [2.24, 2.45) is 0 Å². The topological polar surface area (TPSA) is 62.3 Å². The lowest BCUT2D eigenvalue weighted by Gasteiger charge is -2.35. The van der Waals surface area contributed by atoms with Gasteiger partial charge in [0.05, 0.1) is 18.7 Å². The first kappa shape index (κ1) is 13.5. The highest BCUT2D eigenvalue weighted by Gasteiger charge is 2.44. The number of aliphatic carboxylic acids is 1. The number of benzene rings is 1. The van der Waals surface area contributed by atoms with E-state index in [4.69, 9.17) is 4.74 Å². The molecule has 22 heavy (non-hydrogen) atoms. The number of para-hydroxylation sites is 1. The molecule has 0 spiro atoms. The van der Waals surface area contributed by atoms with Gasteiger partial charge in [-0.1, -0.05) is 24.3 Å². The molecule has 4 nitrogen and oxygen atoms in total. The summed E-state index contributed by atoms with van der Waals surface area (Å²) in [4.78, 5) is 15.9. The normalized spacial score (nSPS) is 20.9. The van der Waals surface area contributed by atoms with Crippen molar-refractivity contribution >= 4 is 28.2 Å². The van der Waals surface area contributed by atoms with Crippen LogP contribution in [0.1, 0.15) is 22.6 Å². The predicted molar refractivity (Wildman–Crippen MR) is 85.3 cm³/mol. The van der Waals surface area contributed by atoms with Gasteiger partial charge in [-0.2, -0.15) is 0 Å². The Morgan fingerprint density at radius 2 is 2.18 bits per heavy atom. The molecule has 0 aliphatic carbocycles. The number of rotatable bonds is 3. The van der Waals surface area contributed by atoms with E-state index in [9.17, 15) is 9.90 Å². The average Bonchev–Trinajstić information content (AvgIpc) is 3.15. The van der Waals surface area contributed by atoms with E-state index in [2.05, 4.69) is 11.1 Å². The molecule has 3 heterocycles. The summed E-state index contributed by atoms with van der Waals surface area (Å²) >= 11 is 1.54. The van der Waals surface area contributed by atoms with Crippen LogP contribution in [-0.4, -0.2) is 22.7 Å². The Labute approximate surface area is 131 Å². The van der Waals surface area contributed by atoms with Crippen LogP contribution in [0.15, 0.2) is 41.8 Å². The van der Waals surface area contributed by atoms with Gasteiger partial charge in [-0.25, -0.2) is 0 Å². The molecule has 1 unspecified atom stereocenters. The molecule has 4 rings (SSSR count). The molecule has 112 valence electrons. The predicted octanol–water partition coefficient (Wildman–Crippen LogP) is 3.52. The van der Waals surface area contributed by atoms with Crippen LogP contribution in [-0.2, 0) is 21.6 Å². The van der Waals surface area contributed by atoms with Crippen molar-refractivity contribution in [3.05, 3.63) is 57.9 Å². The van der Waals surface area contributed by atoms with E-state index < -0.39 is 11.6 Å². The van der Waals surface area contributed by atoms with E-state index in [1.54, 1.807) is 0 Å². The number of aromatic nitrogens is 1. The summed E-state index contributed by atoms with van der Waals surface area (Å²) in [5, 5.41) is 12.6. The van der Waals surface area contributed by atoms with E-state index in [1.165, 1.54) is 16.9 Å². The van der Waals surface area contributed by atoms with Crippen LogP contribution in [0.25, 0.3) is 10.9 Å². The molecule has 1 aliphatic rings. The number of hydrogen-bond acceptors (Lipinski definition) is 3. The Morgan fingerprint density at radius 3 is 2.95 bits per heavy atom. The van der Waals surface area contributed by atoms with Crippen LogP contribution in [0, 0.1) is 0 Å². The van der Waals surface area contributed by atoms with Crippen molar-refractivity contribution in [2.45, 2.75) is 18.4 Å². The van der Waals surface area contributed by atoms with Crippen molar-refractivity contribution in [3.63, 3.8) is 0 Å². The van der Waals surface area contributed by atoms with Gasteiger partial charge >= 0.3 is 5.97 Å². The Kier molecular flexibility index (Phi) is 3.06. The van der Waals surface area contributed by atoms with Gasteiger partial charge in [0.25, 0.3) is 0 Å². The molecule has 0 radical (unpaired) electrons. The minimum atomic E-state index is -0.910. The molecule has 1 aromatic carbocycles. The summed E-state index contributed by atoms with van der Waals surface area (Å²) < 4.78 is 6.08. The maximum absolute atomic E-state index is 11.5. The standard InChI is InChI=1S/C17H15NO3S/c19-15(20)10-17(14-6-3-9-22-14)16-12(7-8-21-17)11-4-1-2-5-13(11)18-16/h1-6,9,18H,7-8,10H2,(H,19,20). The summed E-state index contributed by atoms with van der Waals surface area (Å²) in [6.45, 7) is 0.528. The average molecular weight is 313 g/mol. The van der Waals surface area contributed by atoms with E-state index in [-0.39, 0.29) is 6.42 Å². The first-order chi connectivity index (χ1) is 10.7. The second-order valence-corrected chi connectivity index (χ2v) is 6.45. The third-order valence-corrected chi connectivity index (χ3v) is 5.25. The van der Waals surface area contributed by atoms with Crippen molar-refractivity contribution < 1.29 is 14.6 Å². The van der Waals surface area contributed by atoms with Crippen molar-refractivity contribution in [1.29, 1.82) is 0 Å². The minimum Gasteiger partial charge on any atom is -0.481 e. The van der Waals surface area contributed by atoms with E-state index in [0.717, 1.165) is 27.9 Å². The Hall–Kier alpha value is -2.11. The lowest BCUT2D eigenvalue weighted by atomic mass is 9.87. The zero-order valence-electron chi connectivity index (χ0n) is 11.8. The third-order valence-electron chi connectivity index (χ3n) is 4.24. The van der Waals surface area contributed by atoms with Crippen molar-refractivity contribution in [2.75, 3.05) is 6.61 Å². The second kappa shape index (κ2) is 4.97. The maximum atomic E-state index is 11.5. The number of hydrogen-bond donors (Lipinski definition) is 2. The van der Waals surface area contributed by atoms with Crippen LogP contribution < -0.4 is 0 Å². The molecule has 2 N–H and O–H groups in total. The van der Waals surface area contributed by atoms with Gasteiger partial charge < -0.3 is 14.8 Å². The van der Waals surface area contributed by atoms with Crippen LogP contribution in [0.3, 0.4) is 0 Å². The van der Waals surface area contributed by atoms with Gasteiger partial charge in [-0.3, -0.25) is 4.79 Å². The molecule has 1 aliphatic heterocycles. The van der Waals surface area contributed by atoms with E-state index in [1.807, 2.05) is 35.7 Å². The number of aromatic amines is 1. The highest BCUT2D eigenvalue weighted by atomic mass is 32.1. The number of nitrogens with one attached hydrogen (secondary N) is 1. The first-order valence-electron chi connectivity index (χ1n) is 7.20. The summed E-state index contributed by atoms with van der Waals surface area (Å²) in [5.74, 6) is -0.861. The molecule has 0 amide bonds. The fourth-order valence-electron chi connectivity index (χ4n) is 3.35. The number of fused-ring (bicyclic) bond motifs is 3. The van der Waals surface area contributed by atoms with Gasteiger partial charge in [0.1, 0.15) is 0 Å². The quantitative estimate of drug-likeness (QED) is 0.777. The molecule has 0 bridgehead atoms. The lowest BCUT2D eigenvalue weighted by Crippen LogP contribution is -2.38. The van der Waals surface area contributed by atoms with E-state index in [0.29, 0.717) is 6.61 Å². The zero-order valence-corrected chi connectivity index (χ0v) is 12.7. The van der Waals surface area contributed by atoms with Crippen molar-refractivity contribution in [3.8, 4) is 0 Å². The van der Waals surface area contributed by atoms with Crippen LogP contribution in [0.2, 0.25) is 0 Å². The summed E-state index contributed by atoms with van der Waals surface area (Å²) in [7, 11) is 0. The number of carboxylic acids is 1. The van der Waals surface area contributed by atoms with Gasteiger partial charge in [-0.05, 0) is 29.5 Å². The smallest absolute Gasteiger partial charge is 0.307 e. The lowest BCUT2D eigenvalue weighted by molar-refractivity contribution is -0.144. The molecule has 1 atom stereocenters. The monoisotopic (exact) mass is 313 g/mol. The fourth-order valence-corrected chi connectivity index (χ4v) is 4.23. The Balaban J connectivity index is 2.00. The number of H-pyrrole nitrogens is 1. The van der Waals surface area contributed by atoms with Crippen LogP contribution >= 0.6 is 11.3 Å². The molecule has 0 saturated heterocycles. The summed E-state index contributed by atoms with van der Waals surface area (Å²) in [6, 6.07) is 12.0. The van der Waals surface area contributed by atoms with Gasteiger partial charge in [0, 0.05) is 15.8 Å². The number of thiophene rings is 1.